The summed E-state index contributed by atoms with van der Waals surface area (Å²) in [5, 5.41) is 0. The highest BCUT2D eigenvalue weighted by atomic mass is 79.9. The smallest absolute Gasteiger partial charge is 0.279 e. The third-order valence-electron chi connectivity index (χ3n) is 1.52. The van der Waals surface area contributed by atoms with Crippen molar-refractivity contribution >= 4 is 45.1 Å². The fraction of sp³-hybridized carbons (Fsp3) is 0.833. The van der Waals surface area contributed by atoms with Crippen LogP contribution in [0.4, 0.5) is 0 Å². The number of rotatable bonds is 0. The average molecular weight is 218 g/mol. The van der Waals surface area contributed by atoms with E-state index < -0.39 is 0 Å². The highest BCUT2D eigenvalue weighted by Crippen LogP contribution is 2.13. The first-order valence-electron chi connectivity index (χ1n) is 3.27. The lowest BCUT2D eigenvalue weighted by Gasteiger charge is -2.08. The van der Waals surface area contributed by atoms with Crippen LogP contribution in [-0.2, 0) is 4.79 Å². The normalized spacial score (nSPS) is 19.7. The van der Waals surface area contributed by atoms with Crippen LogP contribution in [0.15, 0.2) is 0 Å². The predicted octanol–water partition coefficient (Wildman–Crippen LogP) is 0.783. The second-order valence-corrected chi connectivity index (χ2v) is 3.15. The second-order valence-electron chi connectivity index (χ2n) is 2.29. The molecular formula is C6H12BrMgNO. The molecule has 0 spiro atoms. The molecule has 0 aromatic heterocycles. The Morgan fingerprint density at radius 3 is 2.70 bits per heavy atom. The molecule has 0 bridgehead atoms. The topological polar surface area (TPSA) is 20.3 Å². The number of carbonyl (C=O) groups is 1. The molecule has 1 fully saturated rings. The molecule has 10 heavy (non-hydrogen) atoms. The summed E-state index contributed by atoms with van der Waals surface area (Å²) in [6.07, 6.45) is 4.09. The maximum Gasteiger partial charge on any atom is 0.316 e. The number of hydrogen-bond acceptors (Lipinski definition) is 1. The largest absolute Gasteiger partial charge is 0.316 e. The summed E-state index contributed by atoms with van der Waals surface area (Å²) in [5.41, 5.74) is 0. The van der Waals surface area contributed by atoms with Gasteiger partial charge in [-0.1, -0.05) is 6.42 Å². The minimum Gasteiger partial charge on any atom is -0.279 e. The molecule has 1 aliphatic heterocycles. The fourth-order valence-electron chi connectivity index (χ4n) is 0.950. The average Bonchev–Trinajstić information content (AvgIpc) is 1.99. The molecule has 0 aliphatic carbocycles. The van der Waals surface area contributed by atoms with E-state index in [1.54, 1.807) is 3.93 Å². The number of hydrogen-bond donors (Lipinski definition) is 0. The van der Waals surface area contributed by atoms with E-state index in [1.807, 2.05) is 0 Å². The number of carbonyl (C=O) groups excluding carboxylic acids is 1. The van der Waals surface area contributed by atoms with Crippen LogP contribution >= 0.6 is 16.1 Å². The summed E-state index contributed by atoms with van der Waals surface area (Å²) in [4.78, 5) is 10.9. The van der Waals surface area contributed by atoms with Crippen LogP contribution in [0.3, 0.4) is 0 Å². The molecule has 1 amide bonds. The maximum atomic E-state index is 10.9. The van der Waals surface area contributed by atoms with E-state index in [4.69, 9.17) is 0 Å². The molecule has 2 nitrogen and oxygen atoms in total. The molecule has 4 heteroatoms. The van der Waals surface area contributed by atoms with E-state index in [-0.39, 0.29) is 29.0 Å². The summed E-state index contributed by atoms with van der Waals surface area (Å²) in [5.74, 6) is 0.229. The Kier molecular flexibility index (Phi) is 5.76. The van der Waals surface area contributed by atoms with Crippen molar-refractivity contribution in [1.29, 1.82) is 0 Å². The van der Waals surface area contributed by atoms with Crippen LogP contribution < -0.4 is 0 Å². The van der Waals surface area contributed by atoms with Crippen molar-refractivity contribution < 1.29 is 4.79 Å². The Hall–Kier alpha value is 0.716. The van der Waals surface area contributed by atoms with Gasteiger partial charge >= 0.3 is 23.1 Å². The van der Waals surface area contributed by atoms with E-state index in [0.29, 0.717) is 6.42 Å². The zero-order chi connectivity index (χ0) is 6.69. The molecule has 1 saturated heterocycles. The molecule has 0 aromatic carbocycles. The van der Waals surface area contributed by atoms with Gasteiger partial charge in [0.15, 0.2) is 0 Å². The van der Waals surface area contributed by atoms with Crippen LogP contribution in [0.25, 0.3) is 0 Å². The van der Waals surface area contributed by atoms with Gasteiger partial charge in [0.2, 0.25) is 5.91 Å². The molecule has 0 unspecified atom stereocenters. The highest BCUT2D eigenvalue weighted by Gasteiger charge is 2.12. The summed E-state index contributed by atoms with van der Waals surface area (Å²) in [6.45, 7) is 0.874. The first-order chi connectivity index (χ1) is 4.30. The molecule has 0 saturated carbocycles. The summed E-state index contributed by atoms with van der Waals surface area (Å²) >= 11 is 3.19. The van der Waals surface area contributed by atoms with E-state index in [1.165, 1.54) is 6.42 Å². The maximum absolute atomic E-state index is 10.9. The zero-order valence-electron chi connectivity index (χ0n) is 5.27. The summed E-state index contributed by atoms with van der Waals surface area (Å²) < 4.78 is 1.64. The molecule has 0 atom stereocenters. The van der Waals surface area contributed by atoms with E-state index in [2.05, 4.69) is 16.1 Å². The summed E-state index contributed by atoms with van der Waals surface area (Å²) in [7, 11) is 0. The Morgan fingerprint density at radius 1 is 1.30 bits per heavy atom. The highest BCUT2D eigenvalue weighted by molar-refractivity contribution is 9.07. The standard InChI is InChI=1S/C6H10BrNO.Mg.2H/c7-8-5-3-1-2-4-6(8)9;;;/h1-5H2;;;. The van der Waals surface area contributed by atoms with Gasteiger partial charge in [0.25, 0.3) is 0 Å². The van der Waals surface area contributed by atoms with Crippen LogP contribution in [0, 0.1) is 0 Å². The minimum absolute atomic E-state index is 0. The molecule has 1 aliphatic rings. The zero-order valence-corrected chi connectivity index (χ0v) is 6.85. The number of nitrogens with zero attached hydrogens (tertiary/aromatic N) is 1. The van der Waals surface area contributed by atoms with Gasteiger partial charge in [-0.2, -0.15) is 0 Å². The molecular weight excluding hydrogens is 206 g/mol. The van der Waals surface area contributed by atoms with Crippen LogP contribution in [0.1, 0.15) is 25.7 Å². The molecule has 1 rings (SSSR count). The predicted molar refractivity (Wildman–Crippen MR) is 47.7 cm³/mol. The lowest BCUT2D eigenvalue weighted by Crippen LogP contribution is -2.18. The minimum atomic E-state index is 0. The van der Waals surface area contributed by atoms with Crippen molar-refractivity contribution in [3.8, 4) is 0 Å². The lowest BCUT2D eigenvalue weighted by atomic mass is 10.2. The monoisotopic (exact) mass is 217 g/mol. The van der Waals surface area contributed by atoms with Gasteiger partial charge in [0, 0.05) is 13.0 Å². The Balaban J connectivity index is 0.000000810. The van der Waals surface area contributed by atoms with Crippen molar-refractivity contribution in [1.82, 2.24) is 3.93 Å². The third-order valence-corrected chi connectivity index (χ3v) is 2.27. The first kappa shape index (κ1) is 10.7. The molecule has 0 radical (unpaired) electrons. The molecule has 0 N–H and O–H groups in total. The van der Waals surface area contributed by atoms with Gasteiger partial charge in [0.1, 0.15) is 0 Å². The third kappa shape index (κ3) is 3.21. The lowest BCUT2D eigenvalue weighted by molar-refractivity contribution is -0.125. The van der Waals surface area contributed by atoms with Crippen molar-refractivity contribution in [2.75, 3.05) is 6.54 Å². The molecule has 1 heterocycles. The van der Waals surface area contributed by atoms with Gasteiger partial charge in [-0.25, -0.2) is 0 Å². The summed E-state index contributed by atoms with van der Waals surface area (Å²) in [6, 6.07) is 0. The van der Waals surface area contributed by atoms with E-state index in [0.717, 1.165) is 19.4 Å². The first-order valence-corrected chi connectivity index (χ1v) is 3.98. The van der Waals surface area contributed by atoms with Gasteiger partial charge < -0.3 is 0 Å². The van der Waals surface area contributed by atoms with Crippen LogP contribution in [0.2, 0.25) is 0 Å². The van der Waals surface area contributed by atoms with Gasteiger partial charge in [-0.3, -0.25) is 8.72 Å². The Morgan fingerprint density at radius 2 is 2.00 bits per heavy atom. The van der Waals surface area contributed by atoms with Gasteiger partial charge in [-0.15, -0.1) is 0 Å². The van der Waals surface area contributed by atoms with Crippen molar-refractivity contribution in [2.24, 2.45) is 0 Å². The number of halogens is 1. The molecule has 56 valence electrons. The van der Waals surface area contributed by atoms with E-state index in [9.17, 15) is 4.79 Å². The Bertz CT molecular complexity index is 120. The number of amides is 1. The van der Waals surface area contributed by atoms with Crippen molar-refractivity contribution in [2.45, 2.75) is 25.7 Å². The quantitative estimate of drug-likeness (QED) is 0.435. The van der Waals surface area contributed by atoms with Crippen molar-refractivity contribution in [3.63, 3.8) is 0 Å². The fourth-order valence-corrected chi connectivity index (χ4v) is 1.38. The van der Waals surface area contributed by atoms with Gasteiger partial charge in [0.05, 0.1) is 16.1 Å². The Labute approximate surface area is 85.8 Å². The second kappa shape index (κ2) is 5.38. The van der Waals surface area contributed by atoms with Gasteiger partial charge in [-0.05, 0) is 12.8 Å². The molecule has 0 aromatic rings. The van der Waals surface area contributed by atoms with Crippen LogP contribution in [0.5, 0.6) is 0 Å². The SMILES string of the molecule is O=C1CCCCCN1Br.[MgH2]. The van der Waals surface area contributed by atoms with E-state index >= 15 is 0 Å². The van der Waals surface area contributed by atoms with Crippen molar-refractivity contribution in [3.05, 3.63) is 0 Å². The van der Waals surface area contributed by atoms with Crippen LogP contribution in [-0.4, -0.2) is 39.4 Å².